The van der Waals surface area contributed by atoms with E-state index in [0.717, 1.165) is 21.6 Å². The van der Waals surface area contributed by atoms with Crippen LogP contribution in [0.4, 0.5) is 17.1 Å². The van der Waals surface area contributed by atoms with E-state index < -0.39 is 0 Å². The molecule has 2 aromatic carbocycles. The molecule has 0 spiro atoms. The highest BCUT2D eigenvalue weighted by Crippen LogP contribution is 2.27. The Balaban J connectivity index is 1.88. The van der Waals surface area contributed by atoms with Gasteiger partial charge in [-0.3, -0.25) is 4.79 Å². The second kappa shape index (κ2) is 5.41. The van der Waals surface area contributed by atoms with Gasteiger partial charge in [-0.2, -0.15) is 0 Å². The topological polar surface area (TPSA) is 80.0 Å². The zero-order valence-corrected chi connectivity index (χ0v) is 12.2. The molecule has 106 valence electrons. The number of nitrogens with two attached hydrogens (primary N) is 1. The summed E-state index contributed by atoms with van der Waals surface area (Å²) in [5, 5.41) is 5.83. The predicted molar refractivity (Wildman–Crippen MR) is 87.1 cm³/mol. The summed E-state index contributed by atoms with van der Waals surface area (Å²) in [4.78, 5) is 15.8. The van der Waals surface area contributed by atoms with Crippen molar-refractivity contribution in [3.63, 3.8) is 0 Å². The first kappa shape index (κ1) is 13.4. The van der Waals surface area contributed by atoms with E-state index in [-0.39, 0.29) is 5.91 Å². The number of rotatable bonds is 3. The SMILES string of the molecule is CNC(=O)c1ccc(Nc2ccc3ncsc3c2)c(N)c1. The molecule has 0 bridgehead atoms. The summed E-state index contributed by atoms with van der Waals surface area (Å²) in [6.45, 7) is 0. The molecule has 1 amide bonds. The molecule has 6 heteroatoms. The quantitative estimate of drug-likeness (QED) is 0.649. The molecule has 21 heavy (non-hydrogen) atoms. The molecule has 5 nitrogen and oxygen atoms in total. The van der Waals surface area contributed by atoms with Gasteiger partial charge in [0, 0.05) is 18.3 Å². The molecular formula is C15H14N4OS. The average Bonchev–Trinajstić information content (AvgIpc) is 2.96. The molecule has 3 aromatic rings. The first-order valence-corrected chi connectivity index (χ1v) is 7.27. The highest BCUT2D eigenvalue weighted by Gasteiger charge is 2.07. The van der Waals surface area contributed by atoms with Crippen LogP contribution in [0.3, 0.4) is 0 Å². The van der Waals surface area contributed by atoms with Gasteiger partial charge in [0.1, 0.15) is 0 Å². The van der Waals surface area contributed by atoms with Gasteiger partial charge in [-0.15, -0.1) is 11.3 Å². The Morgan fingerprint density at radius 2 is 2.10 bits per heavy atom. The number of hydrogen-bond donors (Lipinski definition) is 3. The zero-order chi connectivity index (χ0) is 14.8. The van der Waals surface area contributed by atoms with Crippen LogP contribution in [0.15, 0.2) is 41.9 Å². The maximum atomic E-state index is 11.6. The molecule has 1 aromatic heterocycles. The van der Waals surface area contributed by atoms with E-state index in [4.69, 9.17) is 5.73 Å². The van der Waals surface area contributed by atoms with E-state index in [1.54, 1.807) is 36.6 Å². The average molecular weight is 298 g/mol. The lowest BCUT2D eigenvalue weighted by atomic mass is 10.1. The Hall–Kier alpha value is -2.60. The van der Waals surface area contributed by atoms with Crippen LogP contribution in [0, 0.1) is 0 Å². The maximum absolute atomic E-state index is 11.6. The van der Waals surface area contributed by atoms with Gasteiger partial charge in [0.15, 0.2) is 0 Å². The second-order valence-corrected chi connectivity index (χ2v) is 5.43. The number of nitrogens with zero attached hydrogens (tertiary/aromatic N) is 1. The Kier molecular flexibility index (Phi) is 3.45. The summed E-state index contributed by atoms with van der Waals surface area (Å²) in [5.41, 5.74) is 11.6. The van der Waals surface area contributed by atoms with Crippen molar-refractivity contribution in [2.24, 2.45) is 0 Å². The number of hydrogen-bond acceptors (Lipinski definition) is 5. The van der Waals surface area contributed by atoms with Crippen molar-refractivity contribution in [2.45, 2.75) is 0 Å². The monoisotopic (exact) mass is 298 g/mol. The molecule has 1 heterocycles. The Labute approximate surface area is 125 Å². The minimum absolute atomic E-state index is 0.153. The maximum Gasteiger partial charge on any atom is 0.251 e. The number of aromatic nitrogens is 1. The summed E-state index contributed by atoms with van der Waals surface area (Å²) in [7, 11) is 1.59. The van der Waals surface area contributed by atoms with Crippen molar-refractivity contribution in [3.8, 4) is 0 Å². The number of amides is 1. The lowest BCUT2D eigenvalue weighted by Crippen LogP contribution is -2.17. The van der Waals surface area contributed by atoms with Gasteiger partial charge in [-0.25, -0.2) is 4.98 Å². The van der Waals surface area contributed by atoms with E-state index in [0.29, 0.717) is 11.3 Å². The molecule has 0 saturated carbocycles. The Bertz CT molecular complexity index is 812. The summed E-state index contributed by atoms with van der Waals surface area (Å²) in [6.07, 6.45) is 0. The molecule has 4 N–H and O–H groups in total. The summed E-state index contributed by atoms with van der Waals surface area (Å²) in [5.74, 6) is -0.153. The van der Waals surface area contributed by atoms with Crippen LogP contribution in [0.5, 0.6) is 0 Å². The number of anilines is 3. The van der Waals surface area contributed by atoms with Crippen LogP contribution in [0.2, 0.25) is 0 Å². The van der Waals surface area contributed by atoms with E-state index in [2.05, 4.69) is 15.6 Å². The standard InChI is InChI=1S/C15H14N4OS/c1-17-15(20)9-2-4-12(11(16)6-9)19-10-3-5-13-14(7-10)21-8-18-13/h2-8,19H,16H2,1H3,(H,17,20). The third kappa shape index (κ3) is 2.66. The number of nitrogen functional groups attached to an aromatic ring is 1. The number of benzene rings is 2. The van der Waals surface area contributed by atoms with Crippen molar-refractivity contribution in [1.29, 1.82) is 0 Å². The molecule has 0 radical (unpaired) electrons. The molecule has 0 fully saturated rings. The Morgan fingerprint density at radius 3 is 2.86 bits per heavy atom. The van der Waals surface area contributed by atoms with E-state index >= 15 is 0 Å². The minimum Gasteiger partial charge on any atom is -0.397 e. The van der Waals surface area contributed by atoms with E-state index in [9.17, 15) is 4.79 Å². The number of nitrogens with one attached hydrogen (secondary N) is 2. The highest BCUT2D eigenvalue weighted by atomic mass is 32.1. The van der Waals surface area contributed by atoms with Crippen LogP contribution >= 0.6 is 11.3 Å². The lowest BCUT2D eigenvalue weighted by Gasteiger charge is -2.10. The van der Waals surface area contributed by atoms with Crippen molar-refractivity contribution in [3.05, 3.63) is 47.5 Å². The van der Waals surface area contributed by atoms with Gasteiger partial charge in [0.25, 0.3) is 5.91 Å². The van der Waals surface area contributed by atoms with Crippen molar-refractivity contribution < 1.29 is 4.79 Å². The van der Waals surface area contributed by atoms with E-state index in [1.165, 1.54) is 0 Å². The van der Waals surface area contributed by atoms with Crippen LogP contribution < -0.4 is 16.4 Å². The van der Waals surface area contributed by atoms with Gasteiger partial charge in [0.05, 0.1) is 27.1 Å². The zero-order valence-electron chi connectivity index (χ0n) is 11.4. The predicted octanol–water partition coefficient (Wildman–Crippen LogP) is 2.98. The van der Waals surface area contributed by atoms with Crippen molar-refractivity contribution >= 4 is 44.5 Å². The molecule has 0 unspecified atom stereocenters. The summed E-state index contributed by atoms with van der Waals surface area (Å²) in [6, 6.07) is 11.1. The highest BCUT2D eigenvalue weighted by molar-refractivity contribution is 7.16. The third-order valence-corrected chi connectivity index (χ3v) is 3.94. The van der Waals surface area contributed by atoms with Crippen LogP contribution in [-0.4, -0.2) is 17.9 Å². The van der Waals surface area contributed by atoms with Gasteiger partial charge in [-0.05, 0) is 36.4 Å². The number of carbonyl (C=O) groups excluding carboxylic acids is 1. The normalized spacial score (nSPS) is 10.5. The van der Waals surface area contributed by atoms with E-state index in [1.807, 2.05) is 23.7 Å². The van der Waals surface area contributed by atoms with Gasteiger partial charge < -0.3 is 16.4 Å². The number of carbonyl (C=O) groups is 1. The van der Waals surface area contributed by atoms with Crippen LogP contribution in [0.25, 0.3) is 10.2 Å². The molecular weight excluding hydrogens is 284 g/mol. The van der Waals surface area contributed by atoms with Crippen molar-refractivity contribution in [2.75, 3.05) is 18.1 Å². The van der Waals surface area contributed by atoms with Crippen LogP contribution in [-0.2, 0) is 0 Å². The van der Waals surface area contributed by atoms with Gasteiger partial charge in [0.2, 0.25) is 0 Å². The second-order valence-electron chi connectivity index (χ2n) is 4.54. The fourth-order valence-electron chi connectivity index (χ4n) is 2.05. The Morgan fingerprint density at radius 1 is 1.24 bits per heavy atom. The smallest absolute Gasteiger partial charge is 0.251 e. The summed E-state index contributed by atoms with van der Waals surface area (Å²) < 4.78 is 1.11. The molecule has 0 aliphatic rings. The van der Waals surface area contributed by atoms with Crippen molar-refractivity contribution in [1.82, 2.24) is 10.3 Å². The fourth-order valence-corrected chi connectivity index (χ4v) is 2.77. The first-order chi connectivity index (χ1) is 10.2. The molecule has 0 aliphatic heterocycles. The molecule has 0 aliphatic carbocycles. The molecule has 3 rings (SSSR count). The van der Waals surface area contributed by atoms with Gasteiger partial charge in [-0.1, -0.05) is 0 Å². The lowest BCUT2D eigenvalue weighted by molar-refractivity contribution is 0.0963. The third-order valence-electron chi connectivity index (χ3n) is 3.15. The largest absolute Gasteiger partial charge is 0.397 e. The molecule has 0 atom stereocenters. The minimum atomic E-state index is -0.153. The number of fused-ring (bicyclic) bond motifs is 1. The van der Waals surface area contributed by atoms with Crippen LogP contribution in [0.1, 0.15) is 10.4 Å². The van der Waals surface area contributed by atoms with Gasteiger partial charge >= 0.3 is 0 Å². The number of thiazole rings is 1. The summed E-state index contributed by atoms with van der Waals surface area (Å²) >= 11 is 1.59. The first-order valence-electron chi connectivity index (χ1n) is 6.39. The fraction of sp³-hybridized carbons (Fsp3) is 0.0667. The molecule has 0 saturated heterocycles.